The molecule has 1 unspecified atom stereocenters. The fraction of sp³-hybridized carbons (Fsp3) is 0.256. The van der Waals surface area contributed by atoms with Crippen molar-refractivity contribution >= 4 is 75.2 Å². The molecular formula is C39H37N9O8. The first-order valence-corrected chi connectivity index (χ1v) is 17.9. The Balaban J connectivity index is 0.931. The second-order valence-corrected chi connectivity index (χ2v) is 13.3. The third-order valence-corrected chi connectivity index (χ3v) is 9.93. The number of piperidine rings is 1. The number of aromatic nitrogens is 1. The Morgan fingerprint density at radius 1 is 0.821 bits per heavy atom. The Kier molecular flexibility index (Phi) is 10.4. The second kappa shape index (κ2) is 15.7. The molecule has 4 aromatic rings. The highest BCUT2D eigenvalue weighted by molar-refractivity contribution is 6.25. The van der Waals surface area contributed by atoms with E-state index in [9.17, 15) is 38.4 Å². The molecule has 0 aliphatic carbocycles. The fourth-order valence-corrected chi connectivity index (χ4v) is 6.96. The third-order valence-electron chi connectivity index (χ3n) is 9.93. The van der Waals surface area contributed by atoms with Gasteiger partial charge >= 0.3 is 0 Å². The Morgan fingerprint density at radius 2 is 1.54 bits per heavy atom. The number of piperazine rings is 1. The summed E-state index contributed by atoms with van der Waals surface area (Å²) in [6.45, 7) is 0.447. The van der Waals surface area contributed by atoms with Crippen LogP contribution in [0.1, 0.15) is 54.3 Å². The molecular weight excluding hydrogens is 722 g/mol. The summed E-state index contributed by atoms with van der Waals surface area (Å²) in [5, 5.41) is 14.2. The highest BCUT2D eigenvalue weighted by Gasteiger charge is 2.45. The van der Waals surface area contributed by atoms with Gasteiger partial charge in [0.05, 0.1) is 41.0 Å². The van der Waals surface area contributed by atoms with Gasteiger partial charge in [0, 0.05) is 68.2 Å². The smallest absolute Gasteiger partial charge is 0.264 e. The number of amides is 8. The quantitative estimate of drug-likeness (QED) is 0.145. The molecule has 56 heavy (non-hydrogen) atoms. The molecule has 3 aromatic carbocycles. The molecule has 3 aliphatic rings. The lowest BCUT2D eigenvalue weighted by atomic mass is 10.0. The fourth-order valence-electron chi connectivity index (χ4n) is 6.96. The highest BCUT2D eigenvalue weighted by Crippen LogP contribution is 2.33. The number of fused-ring (bicyclic) bond motifs is 2. The van der Waals surface area contributed by atoms with Crippen LogP contribution in [0, 0.1) is 0 Å². The van der Waals surface area contributed by atoms with E-state index in [-0.39, 0.29) is 92.2 Å². The molecule has 5 N–H and O–H groups in total. The first kappa shape index (κ1) is 37.2. The zero-order valence-corrected chi connectivity index (χ0v) is 30.2. The van der Waals surface area contributed by atoms with E-state index in [0.717, 1.165) is 10.6 Å². The lowest BCUT2D eigenvalue weighted by molar-refractivity contribution is -0.137. The normalized spacial score (nSPS) is 16.7. The standard InChI is InChI=1S/C39H37N9O8/c1-40-36(53)26-19-41-27-11-10-22(18-25(27)34(26)44-23-6-3-2-4-7-23)35(52)43-21-32(51)47-16-14-46(15-17-47)31(50)20-42-28-9-5-8-24-33(28)39(56)48(38(24)55)29-12-13-30(49)45-37(29)54/h2-11,18-19,29,42H,12-17,20-21H2,1H3,(H,40,53)(H,41,44)(H,43,52)(H,45,49,54). The summed E-state index contributed by atoms with van der Waals surface area (Å²) in [7, 11) is 1.52. The van der Waals surface area contributed by atoms with Crippen LogP contribution < -0.4 is 26.6 Å². The molecule has 2 fully saturated rings. The van der Waals surface area contributed by atoms with Gasteiger partial charge in [0.25, 0.3) is 23.6 Å². The maximum Gasteiger partial charge on any atom is 0.264 e. The largest absolute Gasteiger partial charge is 0.375 e. The number of rotatable bonds is 10. The van der Waals surface area contributed by atoms with E-state index in [1.807, 2.05) is 30.3 Å². The first-order valence-electron chi connectivity index (χ1n) is 17.9. The minimum atomic E-state index is -1.11. The number of benzene rings is 3. The van der Waals surface area contributed by atoms with Gasteiger partial charge in [0.15, 0.2) is 0 Å². The van der Waals surface area contributed by atoms with E-state index in [1.165, 1.54) is 19.3 Å². The summed E-state index contributed by atoms with van der Waals surface area (Å²) < 4.78 is 0. The van der Waals surface area contributed by atoms with Crippen LogP contribution in [0.3, 0.4) is 0 Å². The first-order chi connectivity index (χ1) is 27.0. The molecule has 17 nitrogen and oxygen atoms in total. The lowest BCUT2D eigenvalue weighted by Gasteiger charge is -2.35. The SMILES string of the molecule is CNC(=O)c1cnc2ccc(C(=O)NCC(=O)N3CCN(C(=O)CNc4cccc5c4C(=O)N(C4CCC(=O)NC4=O)C5=O)CC3)cc2c1Nc1ccccc1. The van der Waals surface area contributed by atoms with Gasteiger partial charge < -0.3 is 31.1 Å². The molecule has 286 valence electrons. The summed E-state index contributed by atoms with van der Waals surface area (Å²) in [5.74, 6) is -4.00. The summed E-state index contributed by atoms with van der Waals surface area (Å²) in [4.78, 5) is 111. The zero-order chi connectivity index (χ0) is 39.5. The monoisotopic (exact) mass is 759 g/mol. The molecule has 3 aliphatic heterocycles. The van der Waals surface area contributed by atoms with Crippen LogP contribution in [0.5, 0.6) is 0 Å². The van der Waals surface area contributed by atoms with Crippen molar-refractivity contribution in [1.82, 2.24) is 35.6 Å². The molecule has 8 amide bonds. The predicted octanol–water partition coefficient (Wildman–Crippen LogP) is 1.25. The number of para-hydroxylation sites is 1. The summed E-state index contributed by atoms with van der Waals surface area (Å²) >= 11 is 0. The van der Waals surface area contributed by atoms with Gasteiger partial charge in [-0.2, -0.15) is 0 Å². The predicted molar refractivity (Wildman–Crippen MR) is 202 cm³/mol. The Bertz CT molecular complexity index is 2310. The molecule has 0 bridgehead atoms. The molecule has 4 heterocycles. The third kappa shape index (κ3) is 7.33. The number of hydrogen-bond acceptors (Lipinski definition) is 11. The Hall–Kier alpha value is -7.17. The van der Waals surface area contributed by atoms with E-state index in [2.05, 4.69) is 31.6 Å². The van der Waals surface area contributed by atoms with Crippen LogP contribution in [-0.2, 0) is 19.2 Å². The van der Waals surface area contributed by atoms with Gasteiger partial charge in [-0.05, 0) is 48.9 Å². The van der Waals surface area contributed by atoms with Gasteiger partial charge in [0.1, 0.15) is 6.04 Å². The van der Waals surface area contributed by atoms with Gasteiger partial charge in [-0.15, -0.1) is 0 Å². The van der Waals surface area contributed by atoms with Crippen molar-refractivity contribution in [2.75, 3.05) is 56.9 Å². The van der Waals surface area contributed by atoms with Crippen molar-refractivity contribution in [3.8, 4) is 0 Å². The second-order valence-electron chi connectivity index (χ2n) is 13.3. The number of anilines is 3. The topological polar surface area (TPSA) is 219 Å². The van der Waals surface area contributed by atoms with E-state index in [4.69, 9.17) is 0 Å². The van der Waals surface area contributed by atoms with E-state index >= 15 is 0 Å². The van der Waals surface area contributed by atoms with Crippen LogP contribution >= 0.6 is 0 Å². The minimum Gasteiger partial charge on any atom is -0.375 e. The van der Waals surface area contributed by atoms with E-state index in [0.29, 0.717) is 22.2 Å². The van der Waals surface area contributed by atoms with Crippen molar-refractivity contribution in [3.05, 3.63) is 95.2 Å². The zero-order valence-electron chi connectivity index (χ0n) is 30.2. The van der Waals surface area contributed by atoms with Crippen molar-refractivity contribution < 1.29 is 38.4 Å². The molecule has 1 aromatic heterocycles. The van der Waals surface area contributed by atoms with Gasteiger partial charge in [-0.3, -0.25) is 53.6 Å². The number of nitrogens with zero attached hydrogens (tertiary/aromatic N) is 4. The highest BCUT2D eigenvalue weighted by atomic mass is 16.2. The van der Waals surface area contributed by atoms with Crippen LogP contribution in [0.15, 0.2) is 72.9 Å². The van der Waals surface area contributed by atoms with Crippen LogP contribution in [-0.4, -0.2) is 119 Å². The summed E-state index contributed by atoms with van der Waals surface area (Å²) in [6, 6.07) is 17.6. The van der Waals surface area contributed by atoms with Crippen LogP contribution in [0.2, 0.25) is 0 Å². The number of nitrogens with one attached hydrogen (secondary N) is 5. The van der Waals surface area contributed by atoms with Gasteiger partial charge in [0.2, 0.25) is 23.6 Å². The van der Waals surface area contributed by atoms with Crippen molar-refractivity contribution in [2.24, 2.45) is 0 Å². The molecule has 0 saturated carbocycles. The van der Waals surface area contributed by atoms with Crippen molar-refractivity contribution in [2.45, 2.75) is 18.9 Å². The average Bonchev–Trinajstić information content (AvgIpc) is 3.47. The van der Waals surface area contributed by atoms with Gasteiger partial charge in [-0.25, -0.2) is 0 Å². The van der Waals surface area contributed by atoms with E-state index < -0.39 is 35.6 Å². The summed E-state index contributed by atoms with van der Waals surface area (Å²) in [6.07, 6.45) is 1.49. The maximum absolute atomic E-state index is 13.4. The summed E-state index contributed by atoms with van der Waals surface area (Å²) in [5.41, 5.74) is 2.71. The Morgan fingerprint density at radius 3 is 2.23 bits per heavy atom. The molecule has 0 radical (unpaired) electrons. The van der Waals surface area contributed by atoms with E-state index in [1.54, 1.807) is 40.1 Å². The number of imide groups is 2. The molecule has 7 rings (SSSR count). The number of carbonyl (C=O) groups is 8. The number of hydrogen-bond donors (Lipinski definition) is 5. The molecule has 1 atom stereocenters. The van der Waals surface area contributed by atoms with Crippen molar-refractivity contribution in [1.29, 1.82) is 0 Å². The van der Waals surface area contributed by atoms with Crippen LogP contribution in [0.25, 0.3) is 10.9 Å². The maximum atomic E-state index is 13.4. The Labute approximate surface area is 319 Å². The minimum absolute atomic E-state index is 0.00183. The average molecular weight is 760 g/mol. The lowest BCUT2D eigenvalue weighted by Crippen LogP contribution is -2.54. The van der Waals surface area contributed by atoms with Gasteiger partial charge in [-0.1, -0.05) is 24.3 Å². The molecule has 2 saturated heterocycles. The number of carbonyl (C=O) groups excluding carboxylic acids is 8. The van der Waals surface area contributed by atoms with Crippen LogP contribution in [0.4, 0.5) is 17.1 Å². The molecule has 0 spiro atoms. The van der Waals surface area contributed by atoms with Crippen molar-refractivity contribution in [3.63, 3.8) is 0 Å². The number of pyridine rings is 1. The molecule has 17 heteroatoms.